The number of hydrogen-bond donors (Lipinski definition) is 2. The predicted octanol–water partition coefficient (Wildman–Crippen LogP) is 23.9. The van der Waals surface area contributed by atoms with Crippen molar-refractivity contribution in [2.24, 2.45) is 0 Å². The Kier molecular flexibility index (Phi) is 64.4. The van der Waals surface area contributed by atoms with Gasteiger partial charge in [-0.15, -0.1) is 0 Å². The molecular weight excluding hydrogens is 1100 g/mol. The highest BCUT2D eigenvalue weighted by atomic mass is 31.2. The Bertz CT molecular complexity index is 1720. The Morgan fingerprint density at radius 1 is 0.402 bits per heavy atom. The van der Waals surface area contributed by atoms with E-state index in [-0.39, 0.29) is 31.5 Å². The number of phosphoric acid groups is 1. The summed E-state index contributed by atoms with van der Waals surface area (Å²) >= 11 is 0. The molecule has 0 heterocycles. The molecule has 0 aliphatic carbocycles. The molecule has 0 saturated heterocycles. The van der Waals surface area contributed by atoms with E-state index >= 15 is 0 Å². The predicted molar refractivity (Wildman–Crippen MR) is 378 cm³/mol. The average molecular weight is 1240 g/mol. The standard InChI is InChI=1S/C77H143N2O7P/c1-7-10-13-16-19-22-25-27-29-31-33-35-37-38-39-40-42-44-46-48-50-52-55-58-61-64-67-70-77(81)86-75(68-65-62-59-56-53-24-21-18-15-12-9-3)74(73-85-87(82,83)84-72-71-79(4,5)6)78-76(80)69-66-63-60-57-54-51-49-47-45-43-41-36-34-32-30-28-26-23-20-17-14-11-8-2/h19,22,27-30,33,35,38-39,65,68,74-75H,7-18,20-21,23-26,31-32,34,36-37,40-64,66-67,69-73H2,1-6H3,(H-,78,80,82,83)/p+1/b22-19-,29-27-,30-28+,35-33-,39-38-,68-65+. The molecule has 2 N–H and O–H groups in total. The topological polar surface area (TPSA) is 111 Å². The first-order valence-corrected chi connectivity index (χ1v) is 38.8. The van der Waals surface area contributed by atoms with E-state index in [1.165, 1.54) is 244 Å². The molecule has 9 nitrogen and oxygen atoms in total. The van der Waals surface area contributed by atoms with Crippen molar-refractivity contribution in [2.75, 3.05) is 40.9 Å². The van der Waals surface area contributed by atoms with Crippen molar-refractivity contribution in [2.45, 2.75) is 367 Å². The molecule has 0 aromatic carbocycles. The van der Waals surface area contributed by atoms with Crippen LogP contribution in [0, 0.1) is 0 Å². The molecular formula is C77H144N2O7P+. The summed E-state index contributed by atoms with van der Waals surface area (Å²) in [6.07, 6.45) is 87.8. The van der Waals surface area contributed by atoms with Crippen molar-refractivity contribution in [3.8, 4) is 0 Å². The highest BCUT2D eigenvalue weighted by Gasteiger charge is 2.30. The van der Waals surface area contributed by atoms with E-state index in [2.05, 4.69) is 86.8 Å². The zero-order valence-electron chi connectivity index (χ0n) is 58.3. The Morgan fingerprint density at radius 3 is 1.08 bits per heavy atom. The fourth-order valence-electron chi connectivity index (χ4n) is 10.9. The van der Waals surface area contributed by atoms with Crippen LogP contribution in [0.2, 0.25) is 0 Å². The maximum Gasteiger partial charge on any atom is 0.472 e. The van der Waals surface area contributed by atoms with Crippen LogP contribution in [0.15, 0.2) is 72.9 Å². The van der Waals surface area contributed by atoms with Crippen LogP contribution in [0.3, 0.4) is 0 Å². The molecule has 0 saturated carbocycles. The van der Waals surface area contributed by atoms with E-state index in [0.717, 1.165) is 77.0 Å². The molecule has 0 aromatic heterocycles. The first kappa shape index (κ1) is 84.5. The van der Waals surface area contributed by atoms with E-state index in [1.54, 1.807) is 0 Å². The molecule has 1 amide bonds. The van der Waals surface area contributed by atoms with Crippen molar-refractivity contribution in [3.63, 3.8) is 0 Å². The number of carbonyl (C=O) groups is 2. The van der Waals surface area contributed by atoms with Gasteiger partial charge >= 0.3 is 13.8 Å². The van der Waals surface area contributed by atoms with Gasteiger partial charge in [-0.2, -0.15) is 0 Å². The molecule has 0 rings (SSSR count). The number of esters is 1. The summed E-state index contributed by atoms with van der Waals surface area (Å²) in [5, 5.41) is 3.07. The third-order valence-corrected chi connectivity index (χ3v) is 17.6. The second-order valence-electron chi connectivity index (χ2n) is 26.5. The van der Waals surface area contributed by atoms with Gasteiger partial charge in [0.1, 0.15) is 19.3 Å². The quantitative estimate of drug-likeness (QED) is 0.0205. The number of allylic oxidation sites excluding steroid dienone is 11. The molecule has 0 aromatic rings. The summed E-state index contributed by atoms with van der Waals surface area (Å²) in [5.41, 5.74) is 0. The van der Waals surface area contributed by atoms with Gasteiger partial charge in [0, 0.05) is 12.8 Å². The second kappa shape index (κ2) is 66.4. The number of likely N-dealkylation sites (N-methyl/N-ethyl adjacent to an activating group) is 1. The minimum atomic E-state index is -4.46. The van der Waals surface area contributed by atoms with Gasteiger partial charge in [0.25, 0.3) is 0 Å². The van der Waals surface area contributed by atoms with E-state index in [9.17, 15) is 19.0 Å². The van der Waals surface area contributed by atoms with E-state index in [0.29, 0.717) is 17.4 Å². The summed E-state index contributed by atoms with van der Waals surface area (Å²) in [6.45, 7) is 7.02. The van der Waals surface area contributed by atoms with E-state index < -0.39 is 20.0 Å². The zero-order chi connectivity index (χ0) is 63.5. The number of carbonyl (C=O) groups excluding carboxylic acids is 2. The zero-order valence-corrected chi connectivity index (χ0v) is 59.2. The molecule has 3 unspecified atom stereocenters. The van der Waals surface area contributed by atoms with Crippen molar-refractivity contribution < 1.29 is 37.3 Å². The number of rotatable bonds is 68. The van der Waals surface area contributed by atoms with E-state index in [4.69, 9.17) is 13.8 Å². The highest BCUT2D eigenvalue weighted by molar-refractivity contribution is 7.47. The Morgan fingerprint density at radius 2 is 0.701 bits per heavy atom. The van der Waals surface area contributed by atoms with Crippen molar-refractivity contribution in [1.29, 1.82) is 0 Å². The normalized spacial score (nSPS) is 13.9. The third-order valence-electron chi connectivity index (χ3n) is 16.6. The lowest BCUT2D eigenvalue weighted by Crippen LogP contribution is -2.47. The van der Waals surface area contributed by atoms with Gasteiger partial charge in [0.05, 0.1) is 33.8 Å². The molecule has 0 bridgehead atoms. The number of unbranched alkanes of at least 4 members (excludes halogenated alkanes) is 42. The van der Waals surface area contributed by atoms with Crippen LogP contribution in [-0.4, -0.2) is 74.3 Å². The number of amides is 1. The average Bonchev–Trinajstić information content (AvgIpc) is 3.70. The van der Waals surface area contributed by atoms with Gasteiger partial charge in [0.2, 0.25) is 5.91 Å². The lowest BCUT2D eigenvalue weighted by Gasteiger charge is -2.27. The van der Waals surface area contributed by atoms with Gasteiger partial charge in [-0.05, 0) is 102 Å². The number of ether oxygens (including phenoxy) is 1. The molecule has 3 atom stereocenters. The van der Waals surface area contributed by atoms with Crippen molar-refractivity contribution in [3.05, 3.63) is 72.9 Å². The highest BCUT2D eigenvalue weighted by Crippen LogP contribution is 2.43. The fraction of sp³-hybridized carbons (Fsp3) is 0.818. The Labute approximate surface area is 540 Å². The fourth-order valence-corrected chi connectivity index (χ4v) is 11.6. The third kappa shape index (κ3) is 67.7. The SMILES string of the molecule is CCCCC/C=C\C/C=C\C/C=C\C/C=C\CCCCCCCCCCCCCC(=O)OC(/C=C/CCCCCCCCCCC)C(COP(=O)(O)OCC[N+](C)(C)C)NC(=O)CCCCCCCCCCCCCCC/C=C/CCCCCCCC. The van der Waals surface area contributed by atoms with E-state index in [1.807, 2.05) is 33.3 Å². The minimum absolute atomic E-state index is 0.0392. The van der Waals surface area contributed by atoms with Gasteiger partial charge in [-0.3, -0.25) is 18.6 Å². The van der Waals surface area contributed by atoms with Crippen molar-refractivity contribution in [1.82, 2.24) is 5.32 Å². The lowest BCUT2D eigenvalue weighted by atomic mass is 10.0. The Hall–Kier alpha value is -2.55. The first-order chi connectivity index (χ1) is 42.4. The lowest BCUT2D eigenvalue weighted by molar-refractivity contribution is -0.870. The monoisotopic (exact) mass is 1240 g/mol. The largest absolute Gasteiger partial charge is 0.472 e. The summed E-state index contributed by atoms with van der Waals surface area (Å²) in [5.74, 6) is -0.497. The number of nitrogens with one attached hydrogen (secondary N) is 1. The van der Waals surface area contributed by atoms with Crippen LogP contribution in [0.4, 0.5) is 0 Å². The molecule has 0 radical (unpaired) electrons. The van der Waals surface area contributed by atoms with Crippen LogP contribution >= 0.6 is 7.82 Å². The maximum atomic E-state index is 13.6. The summed E-state index contributed by atoms with van der Waals surface area (Å²) < 4.78 is 30.8. The van der Waals surface area contributed by atoms with Gasteiger partial charge in [-0.25, -0.2) is 4.57 Å². The van der Waals surface area contributed by atoms with Gasteiger partial charge < -0.3 is 19.4 Å². The van der Waals surface area contributed by atoms with Gasteiger partial charge in [-0.1, -0.05) is 312 Å². The van der Waals surface area contributed by atoms with Crippen molar-refractivity contribution >= 4 is 19.7 Å². The van der Waals surface area contributed by atoms with Crippen LogP contribution in [0.5, 0.6) is 0 Å². The number of nitrogens with zero attached hydrogens (tertiary/aromatic N) is 1. The second-order valence-corrected chi connectivity index (χ2v) is 27.9. The van der Waals surface area contributed by atoms with Gasteiger partial charge in [0.15, 0.2) is 0 Å². The molecule has 508 valence electrons. The number of quaternary nitrogens is 1. The molecule has 87 heavy (non-hydrogen) atoms. The first-order valence-electron chi connectivity index (χ1n) is 37.3. The van der Waals surface area contributed by atoms with Crippen LogP contribution < -0.4 is 5.32 Å². The summed E-state index contributed by atoms with van der Waals surface area (Å²) in [7, 11) is 1.50. The maximum absolute atomic E-state index is 13.6. The Balaban J connectivity index is 4.96. The van der Waals surface area contributed by atoms with Crippen LogP contribution in [0.25, 0.3) is 0 Å². The molecule has 0 fully saturated rings. The van der Waals surface area contributed by atoms with Crippen LogP contribution in [0.1, 0.15) is 355 Å². The molecule has 0 spiro atoms. The molecule has 0 aliphatic rings. The summed E-state index contributed by atoms with van der Waals surface area (Å²) in [6, 6.07) is -0.852. The van der Waals surface area contributed by atoms with Crippen LogP contribution in [-0.2, 0) is 27.9 Å². The number of hydrogen-bond acceptors (Lipinski definition) is 6. The molecule has 10 heteroatoms. The smallest absolute Gasteiger partial charge is 0.456 e. The number of phosphoric ester groups is 1. The minimum Gasteiger partial charge on any atom is -0.456 e. The molecule has 0 aliphatic heterocycles. The summed E-state index contributed by atoms with van der Waals surface area (Å²) in [4.78, 5) is 37.9.